The van der Waals surface area contributed by atoms with Crippen molar-refractivity contribution in [2.24, 2.45) is 0 Å². The van der Waals surface area contributed by atoms with E-state index >= 15 is 0 Å². The lowest BCUT2D eigenvalue weighted by atomic mass is 10.1. The number of nitrogens with zero attached hydrogens (tertiary/aromatic N) is 3. The average Bonchev–Trinajstić information content (AvgIpc) is 2.67. The first kappa shape index (κ1) is 18.2. The largest absolute Gasteiger partial charge is 0.497 e. The minimum Gasteiger partial charge on any atom is -0.497 e. The third kappa shape index (κ3) is 3.96. The number of methoxy groups -OCH3 is 1. The van der Waals surface area contributed by atoms with Gasteiger partial charge in [-0.25, -0.2) is 0 Å². The van der Waals surface area contributed by atoms with E-state index in [9.17, 15) is 4.79 Å². The minimum atomic E-state index is -0.225. The van der Waals surface area contributed by atoms with Crippen LogP contribution in [0, 0.1) is 6.92 Å². The van der Waals surface area contributed by atoms with E-state index in [1.807, 2.05) is 61.2 Å². The van der Waals surface area contributed by atoms with E-state index in [0.29, 0.717) is 31.0 Å². The van der Waals surface area contributed by atoms with E-state index in [0.717, 1.165) is 17.1 Å². The zero-order valence-electron chi connectivity index (χ0n) is 15.7. The molecule has 6 nitrogen and oxygen atoms in total. The number of rotatable bonds is 4. The van der Waals surface area contributed by atoms with Crippen molar-refractivity contribution in [1.82, 2.24) is 9.88 Å². The van der Waals surface area contributed by atoms with Gasteiger partial charge in [0.2, 0.25) is 0 Å². The van der Waals surface area contributed by atoms with Gasteiger partial charge in [-0.15, -0.1) is 0 Å². The number of benzene rings is 1. The van der Waals surface area contributed by atoms with Crippen molar-refractivity contribution in [3.05, 3.63) is 53.3 Å². The minimum absolute atomic E-state index is 0.0160. The van der Waals surface area contributed by atoms with Gasteiger partial charge < -0.3 is 19.3 Å². The highest BCUT2D eigenvalue weighted by molar-refractivity contribution is 5.94. The quantitative estimate of drug-likeness (QED) is 0.844. The van der Waals surface area contributed by atoms with Crippen LogP contribution in [0.4, 0.5) is 5.69 Å². The van der Waals surface area contributed by atoms with Gasteiger partial charge in [-0.05, 0) is 37.3 Å². The molecular formula is C20H25N3O3. The van der Waals surface area contributed by atoms with Gasteiger partial charge >= 0.3 is 0 Å². The Hall–Kier alpha value is -2.60. The molecule has 0 spiro atoms. The summed E-state index contributed by atoms with van der Waals surface area (Å²) < 4.78 is 11.1. The maximum atomic E-state index is 12.9. The summed E-state index contributed by atoms with van der Waals surface area (Å²) >= 11 is 0. The number of ether oxygens (including phenoxy) is 2. The molecular weight excluding hydrogens is 330 g/mol. The normalized spacial score (nSPS) is 17.1. The summed E-state index contributed by atoms with van der Waals surface area (Å²) in [6, 6.07) is 11.3. The predicted octanol–water partition coefficient (Wildman–Crippen LogP) is 2.68. The second kappa shape index (κ2) is 7.74. The Morgan fingerprint density at radius 2 is 2.12 bits per heavy atom. The highest BCUT2D eigenvalue weighted by Crippen LogP contribution is 2.26. The smallest absolute Gasteiger partial charge is 0.254 e. The van der Waals surface area contributed by atoms with Crippen LogP contribution < -0.4 is 9.64 Å². The van der Waals surface area contributed by atoms with Gasteiger partial charge in [0.05, 0.1) is 26.0 Å². The Labute approximate surface area is 154 Å². The zero-order valence-corrected chi connectivity index (χ0v) is 15.7. The van der Waals surface area contributed by atoms with Gasteiger partial charge in [0.1, 0.15) is 11.9 Å². The molecule has 0 saturated carbocycles. The predicted molar refractivity (Wildman–Crippen MR) is 101 cm³/mol. The zero-order chi connectivity index (χ0) is 18.7. The fourth-order valence-electron chi connectivity index (χ4n) is 3.05. The molecule has 1 atom stereocenters. The van der Waals surface area contributed by atoms with Crippen molar-refractivity contribution in [3.63, 3.8) is 0 Å². The summed E-state index contributed by atoms with van der Waals surface area (Å²) in [6.45, 7) is 3.52. The van der Waals surface area contributed by atoms with Gasteiger partial charge in [0.15, 0.2) is 0 Å². The third-order valence-corrected chi connectivity index (χ3v) is 4.47. The lowest BCUT2D eigenvalue weighted by molar-refractivity contribution is -0.0247. The molecule has 1 aliphatic heterocycles. The summed E-state index contributed by atoms with van der Waals surface area (Å²) in [4.78, 5) is 21.4. The number of morpholine rings is 1. The van der Waals surface area contributed by atoms with Gasteiger partial charge in [0, 0.05) is 37.6 Å². The van der Waals surface area contributed by atoms with Crippen LogP contribution in [0.5, 0.6) is 5.75 Å². The summed E-state index contributed by atoms with van der Waals surface area (Å²) in [5, 5.41) is 0. The van der Waals surface area contributed by atoms with Gasteiger partial charge in [-0.2, -0.15) is 0 Å². The van der Waals surface area contributed by atoms with E-state index in [2.05, 4.69) is 4.98 Å². The molecule has 1 fully saturated rings. The average molecular weight is 355 g/mol. The molecule has 2 aromatic rings. The molecule has 1 aliphatic rings. The Morgan fingerprint density at radius 1 is 1.31 bits per heavy atom. The third-order valence-electron chi connectivity index (χ3n) is 4.47. The highest BCUT2D eigenvalue weighted by atomic mass is 16.5. The number of aromatic nitrogens is 1. The van der Waals surface area contributed by atoms with E-state index < -0.39 is 0 Å². The molecule has 2 heterocycles. The number of pyridine rings is 1. The summed E-state index contributed by atoms with van der Waals surface area (Å²) in [7, 11) is 5.60. The molecule has 0 N–H and O–H groups in total. The van der Waals surface area contributed by atoms with Crippen molar-refractivity contribution >= 4 is 11.6 Å². The van der Waals surface area contributed by atoms with Crippen LogP contribution in [0.2, 0.25) is 0 Å². The molecule has 138 valence electrons. The number of carbonyl (C=O) groups is 1. The summed E-state index contributed by atoms with van der Waals surface area (Å²) in [5.74, 6) is 0.661. The molecule has 1 amide bonds. The number of anilines is 1. The number of amides is 1. The Kier molecular flexibility index (Phi) is 5.42. The molecule has 1 aromatic carbocycles. The van der Waals surface area contributed by atoms with E-state index in [-0.39, 0.29) is 12.0 Å². The van der Waals surface area contributed by atoms with Crippen molar-refractivity contribution < 1.29 is 14.3 Å². The topological polar surface area (TPSA) is 54.9 Å². The Bertz CT molecular complexity index is 792. The number of hydrogen-bond donors (Lipinski definition) is 0. The Morgan fingerprint density at radius 3 is 2.85 bits per heavy atom. The van der Waals surface area contributed by atoms with E-state index in [1.54, 1.807) is 13.2 Å². The van der Waals surface area contributed by atoms with Crippen LogP contribution in [0.3, 0.4) is 0 Å². The summed E-state index contributed by atoms with van der Waals surface area (Å²) in [6.07, 6.45) is -0.225. The van der Waals surface area contributed by atoms with Gasteiger partial charge in [-0.1, -0.05) is 6.07 Å². The molecule has 1 aromatic heterocycles. The first-order valence-electron chi connectivity index (χ1n) is 8.69. The maximum Gasteiger partial charge on any atom is 0.254 e. The van der Waals surface area contributed by atoms with E-state index in [1.165, 1.54) is 0 Å². The first-order chi connectivity index (χ1) is 12.5. The van der Waals surface area contributed by atoms with Crippen LogP contribution in [0.15, 0.2) is 36.4 Å². The molecule has 0 radical (unpaired) electrons. The second-order valence-electron chi connectivity index (χ2n) is 6.63. The molecule has 26 heavy (non-hydrogen) atoms. The van der Waals surface area contributed by atoms with Crippen LogP contribution in [0.1, 0.15) is 27.8 Å². The van der Waals surface area contributed by atoms with Crippen molar-refractivity contribution in [2.75, 3.05) is 45.8 Å². The van der Waals surface area contributed by atoms with Gasteiger partial charge in [-0.3, -0.25) is 9.78 Å². The van der Waals surface area contributed by atoms with Crippen LogP contribution in [0.25, 0.3) is 0 Å². The van der Waals surface area contributed by atoms with Gasteiger partial charge in [0.25, 0.3) is 5.91 Å². The van der Waals surface area contributed by atoms with Crippen molar-refractivity contribution in [2.45, 2.75) is 13.0 Å². The maximum absolute atomic E-state index is 12.9. The molecule has 0 bridgehead atoms. The lowest BCUT2D eigenvalue weighted by Crippen LogP contribution is -2.42. The SMILES string of the molecule is COc1cccc(C(=O)N2CCO[C@H](c3cc(N(C)C)cc(C)n3)C2)c1. The number of carbonyl (C=O) groups excluding carboxylic acids is 1. The molecule has 0 aliphatic carbocycles. The standard InChI is InChI=1S/C20H25N3O3/c1-14-10-16(22(2)3)12-18(21-14)19-13-23(8-9-26-19)20(24)15-6-5-7-17(11-15)25-4/h5-7,10-12,19H,8-9,13H2,1-4H3/t19-/m0/s1. The second-order valence-corrected chi connectivity index (χ2v) is 6.63. The number of hydrogen-bond acceptors (Lipinski definition) is 5. The van der Waals surface area contributed by atoms with Crippen molar-refractivity contribution in [1.29, 1.82) is 0 Å². The van der Waals surface area contributed by atoms with Crippen LogP contribution >= 0.6 is 0 Å². The van der Waals surface area contributed by atoms with Crippen molar-refractivity contribution in [3.8, 4) is 5.75 Å². The van der Waals surface area contributed by atoms with E-state index in [4.69, 9.17) is 9.47 Å². The fourth-order valence-corrected chi connectivity index (χ4v) is 3.05. The van der Waals surface area contributed by atoms with Crippen LogP contribution in [-0.4, -0.2) is 56.7 Å². The molecule has 6 heteroatoms. The fraction of sp³-hybridized carbons (Fsp3) is 0.400. The molecule has 0 unspecified atom stereocenters. The van der Waals surface area contributed by atoms with Crippen LogP contribution in [-0.2, 0) is 4.74 Å². The monoisotopic (exact) mass is 355 g/mol. The first-order valence-corrected chi connectivity index (χ1v) is 8.69. The summed E-state index contributed by atoms with van der Waals surface area (Å²) in [5.41, 5.74) is 3.49. The number of aryl methyl sites for hydroxylation is 1. The lowest BCUT2D eigenvalue weighted by Gasteiger charge is -2.33. The Balaban J connectivity index is 1.80. The molecule has 1 saturated heterocycles. The highest BCUT2D eigenvalue weighted by Gasteiger charge is 2.27. The molecule has 3 rings (SSSR count).